The first-order chi connectivity index (χ1) is 12.6. The molecule has 3 aromatic rings. The lowest BCUT2D eigenvalue weighted by molar-refractivity contribution is 0.0760. The highest BCUT2D eigenvalue weighted by Crippen LogP contribution is 2.24. The quantitative estimate of drug-likeness (QED) is 0.734. The summed E-state index contributed by atoms with van der Waals surface area (Å²) in [6, 6.07) is 10.7. The maximum atomic E-state index is 12.9. The number of pyridine rings is 1. The van der Waals surface area contributed by atoms with Crippen LogP contribution in [-0.4, -0.2) is 50.3 Å². The average molecular weight is 350 g/mol. The van der Waals surface area contributed by atoms with E-state index in [9.17, 15) is 14.7 Å². The molecule has 26 heavy (non-hydrogen) atoms. The number of amides is 1. The van der Waals surface area contributed by atoms with Gasteiger partial charge >= 0.3 is 0 Å². The fraction of sp³-hybridized carbons (Fsp3) is 0.263. The van der Waals surface area contributed by atoms with Crippen LogP contribution in [0.4, 0.5) is 0 Å². The smallest absolute Gasteiger partial charge is 0.275 e. The van der Waals surface area contributed by atoms with E-state index in [1.807, 2.05) is 12.1 Å². The molecule has 1 fully saturated rings. The van der Waals surface area contributed by atoms with Gasteiger partial charge in [0.1, 0.15) is 0 Å². The first-order valence-corrected chi connectivity index (χ1v) is 8.47. The van der Waals surface area contributed by atoms with E-state index in [-0.39, 0.29) is 29.6 Å². The van der Waals surface area contributed by atoms with Crippen LogP contribution in [0.1, 0.15) is 16.1 Å². The van der Waals surface area contributed by atoms with Crippen molar-refractivity contribution >= 4 is 16.7 Å². The second-order valence-electron chi connectivity index (χ2n) is 6.54. The largest absolute Gasteiger partial charge is 0.391 e. The zero-order valence-electron chi connectivity index (χ0n) is 14.0. The van der Waals surface area contributed by atoms with Crippen molar-refractivity contribution in [3.05, 3.63) is 70.4 Å². The van der Waals surface area contributed by atoms with Gasteiger partial charge in [0.15, 0.2) is 5.69 Å². The summed E-state index contributed by atoms with van der Waals surface area (Å²) < 4.78 is 0. The van der Waals surface area contributed by atoms with Gasteiger partial charge in [0.2, 0.25) is 0 Å². The molecule has 4 rings (SSSR count). The summed E-state index contributed by atoms with van der Waals surface area (Å²) in [7, 11) is 0. The van der Waals surface area contributed by atoms with E-state index in [2.05, 4.69) is 15.2 Å². The number of aromatic amines is 1. The van der Waals surface area contributed by atoms with Gasteiger partial charge < -0.3 is 10.0 Å². The van der Waals surface area contributed by atoms with Gasteiger partial charge in [0.05, 0.1) is 11.5 Å². The zero-order valence-corrected chi connectivity index (χ0v) is 14.0. The van der Waals surface area contributed by atoms with Crippen molar-refractivity contribution in [3.8, 4) is 0 Å². The highest BCUT2D eigenvalue weighted by molar-refractivity contribution is 6.04. The lowest BCUT2D eigenvalue weighted by Gasteiger charge is -2.16. The number of carbonyl (C=O) groups is 1. The summed E-state index contributed by atoms with van der Waals surface area (Å²) in [6.07, 6.45) is 3.51. The number of nitrogens with one attached hydrogen (secondary N) is 1. The van der Waals surface area contributed by atoms with Crippen molar-refractivity contribution in [2.24, 2.45) is 5.92 Å². The van der Waals surface area contributed by atoms with Crippen LogP contribution in [0.3, 0.4) is 0 Å². The molecule has 0 spiro atoms. The van der Waals surface area contributed by atoms with Crippen molar-refractivity contribution in [2.75, 3.05) is 13.1 Å². The summed E-state index contributed by atoms with van der Waals surface area (Å²) in [5, 5.41) is 17.7. The van der Waals surface area contributed by atoms with Crippen LogP contribution in [0.15, 0.2) is 53.6 Å². The first kappa shape index (κ1) is 16.4. The van der Waals surface area contributed by atoms with Crippen LogP contribution in [0.25, 0.3) is 10.8 Å². The lowest BCUT2D eigenvalue weighted by Crippen LogP contribution is -2.31. The highest BCUT2D eigenvalue weighted by atomic mass is 16.3. The van der Waals surface area contributed by atoms with E-state index in [4.69, 9.17) is 0 Å². The molecule has 7 heteroatoms. The Morgan fingerprint density at radius 1 is 1.15 bits per heavy atom. The van der Waals surface area contributed by atoms with E-state index in [0.717, 1.165) is 5.56 Å². The fourth-order valence-corrected chi connectivity index (χ4v) is 3.47. The van der Waals surface area contributed by atoms with Crippen LogP contribution in [0.5, 0.6) is 0 Å². The summed E-state index contributed by atoms with van der Waals surface area (Å²) in [6.45, 7) is 0.696. The monoisotopic (exact) mass is 350 g/mol. The number of nitrogens with zero attached hydrogens (tertiary/aromatic N) is 3. The SMILES string of the molecule is O=C(c1n[nH]c(=O)c2ccccc12)N1C[C@@H](Cc2ccncc2)[C@H](O)C1. The van der Waals surface area contributed by atoms with Crippen LogP contribution < -0.4 is 5.56 Å². The number of hydrogen-bond donors (Lipinski definition) is 2. The number of fused-ring (bicyclic) bond motifs is 1. The predicted octanol–water partition coefficient (Wildman–Crippen LogP) is 0.994. The molecule has 1 aliphatic rings. The van der Waals surface area contributed by atoms with Gasteiger partial charge in [-0.15, -0.1) is 0 Å². The van der Waals surface area contributed by atoms with Gasteiger partial charge in [-0.05, 0) is 30.2 Å². The van der Waals surface area contributed by atoms with E-state index in [1.54, 1.807) is 41.6 Å². The van der Waals surface area contributed by atoms with Crippen molar-refractivity contribution in [1.82, 2.24) is 20.1 Å². The molecule has 3 heterocycles. The average Bonchev–Trinajstić information content (AvgIpc) is 3.03. The minimum atomic E-state index is -0.596. The Balaban J connectivity index is 1.58. The maximum Gasteiger partial charge on any atom is 0.275 e. The van der Waals surface area contributed by atoms with Crippen LogP contribution >= 0.6 is 0 Å². The van der Waals surface area contributed by atoms with Gasteiger partial charge in [-0.2, -0.15) is 5.10 Å². The van der Waals surface area contributed by atoms with E-state index in [0.29, 0.717) is 23.7 Å². The van der Waals surface area contributed by atoms with Crippen molar-refractivity contribution in [2.45, 2.75) is 12.5 Å². The fourth-order valence-electron chi connectivity index (χ4n) is 3.47. The molecular weight excluding hydrogens is 332 g/mol. The van der Waals surface area contributed by atoms with Crippen LogP contribution in [-0.2, 0) is 6.42 Å². The number of carbonyl (C=O) groups excluding carboxylic acids is 1. The molecule has 0 bridgehead atoms. The maximum absolute atomic E-state index is 12.9. The Hall–Kier alpha value is -3.06. The van der Waals surface area contributed by atoms with E-state index >= 15 is 0 Å². The van der Waals surface area contributed by atoms with Gasteiger partial charge in [-0.25, -0.2) is 5.10 Å². The number of β-amino-alcohol motifs (C(OH)–C–C–N with tert-alkyl or cyclic N) is 1. The highest BCUT2D eigenvalue weighted by Gasteiger charge is 2.35. The number of aliphatic hydroxyl groups excluding tert-OH is 1. The van der Waals surface area contributed by atoms with Gasteiger partial charge in [0.25, 0.3) is 11.5 Å². The second-order valence-corrected chi connectivity index (χ2v) is 6.54. The second kappa shape index (κ2) is 6.68. The third kappa shape index (κ3) is 2.97. The zero-order chi connectivity index (χ0) is 18.1. The molecule has 1 saturated heterocycles. The number of hydrogen-bond acceptors (Lipinski definition) is 5. The van der Waals surface area contributed by atoms with E-state index < -0.39 is 6.10 Å². The standard InChI is InChI=1S/C19H18N4O3/c24-16-11-23(10-13(16)9-12-5-7-20-8-6-12)19(26)17-14-3-1-2-4-15(14)18(25)22-21-17/h1-8,13,16,24H,9-11H2,(H,22,25)/t13-,16-/m1/s1. The van der Waals surface area contributed by atoms with Crippen molar-refractivity contribution in [3.63, 3.8) is 0 Å². The Labute approximate surface area is 149 Å². The van der Waals surface area contributed by atoms with Crippen molar-refractivity contribution < 1.29 is 9.90 Å². The third-order valence-corrected chi connectivity index (χ3v) is 4.84. The number of H-pyrrole nitrogens is 1. The number of benzene rings is 1. The van der Waals surface area contributed by atoms with E-state index in [1.165, 1.54) is 0 Å². The molecule has 1 amide bonds. The number of aliphatic hydroxyl groups is 1. The van der Waals surface area contributed by atoms with Gasteiger partial charge in [-0.1, -0.05) is 18.2 Å². The molecule has 2 atom stereocenters. The van der Waals surface area contributed by atoms with Gasteiger partial charge in [0, 0.05) is 36.8 Å². The number of aromatic nitrogens is 3. The first-order valence-electron chi connectivity index (χ1n) is 8.47. The predicted molar refractivity (Wildman–Crippen MR) is 95.7 cm³/mol. The molecule has 7 nitrogen and oxygen atoms in total. The molecule has 2 aromatic heterocycles. The Morgan fingerprint density at radius 3 is 2.65 bits per heavy atom. The molecule has 1 aromatic carbocycles. The van der Waals surface area contributed by atoms with Crippen LogP contribution in [0, 0.1) is 5.92 Å². The lowest BCUT2D eigenvalue weighted by atomic mass is 9.97. The number of rotatable bonds is 3. The number of likely N-dealkylation sites (tertiary alicyclic amines) is 1. The summed E-state index contributed by atoms with van der Waals surface area (Å²) in [4.78, 5) is 30.4. The minimum absolute atomic E-state index is 0.0459. The van der Waals surface area contributed by atoms with Gasteiger partial charge in [-0.3, -0.25) is 14.6 Å². The van der Waals surface area contributed by atoms with Crippen LogP contribution in [0.2, 0.25) is 0 Å². The normalized spacial score (nSPS) is 19.8. The third-order valence-electron chi connectivity index (χ3n) is 4.84. The molecule has 1 aliphatic heterocycles. The molecule has 0 radical (unpaired) electrons. The topological polar surface area (TPSA) is 99.2 Å². The molecule has 0 saturated carbocycles. The van der Waals surface area contributed by atoms with Crippen molar-refractivity contribution in [1.29, 1.82) is 0 Å². The Morgan fingerprint density at radius 2 is 1.88 bits per heavy atom. The minimum Gasteiger partial charge on any atom is -0.391 e. The molecular formula is C19H18N4O3. The summed E-state index contributed by atoms with van der Waals surface area (Å²) in [5.41, 5.74) is 0.956. The Kier molecular flexibility index (Phi) is 4.22. The molecule has 132 valence electrons. The molecule has 0 aliphatic carbocycles. The molecule has 2 N–H and O–H groups in total. The Bertz CT molecular complexity index is 1000. The molecule has 0 unspecified atom stereocenters. The summed E-state index contributed by atoms with van der Waals surface area (Å²) in [5.74, 6) is -0.330. The summed E-state index contributed by atoms with van der Waals surface area (Å²) >= 11 is 0.